The summed E-state index contributed by atoms with van der Waals surface area (Å²) in [6.45, 7) is 6.95. The lowest BCUT2D eigenvalue weighted by atomic mass is 10.1. The van der Waals surface area contributed by atoms with Gasteiger partial charge >= 0.3 is 0 Å². The highest BCUT2D eigenvalue weighted by Gasteiger charge is 2.12. The third-order valence-electron chi connectivity index (χ3n) is 5.14. The average molecular weight is 488 g/mol. The maximum absolute atomic E-state index is 11.9. The van der Waals surface area contributed by atoms with Gasteiger partial charge in [0.2, 0.25) is 0 Å². The highest BCUT2D eigenvalue weighted by molar-refractivity contribution is 5.69. The second kappa shape index (κ2) is 14.9. The van der Waals surface area contributed by atoms with Gasteiger partial charge in [0.05, 0.1) is 24.8 Å². The molecule has 7 heteroatoms. The number of aromatic nitrogens is 5. The van der Waals surface area contributed by atoms with E-state index in [0.717, 1.165) is 47.3 Å². The summed E-state index contributed by atoms with van der Waals surface area (Å²) in [5, 5.41) is 4.55. The van der Waals surface area contributed by atoms with Crippen molar-refractivity contribution in [3.8, 4) is 24.3 Å². The minimum Gasteiger partial charge on any atom is -0.495 e. The zero-order chi connectivity index (χ0) is 26.3. The molecule has 0 atom stereocenters. The van der Waals surface area contributed by atoms with E-state index in [0.29, 0.717) is 0 Å². The molecular weight excluding hydrogens is 453 g/mol. The number of methoxy groups -OCH3 is 1. The number of benzene rings is 2. The number of hydrogen-bond donors (Lipinski definition) is 0. The molecule has 0 spiro atoms. The molecule has 5 rings (SSSR count). The van der Waals surface area contributed by atoms with Crippen LogP contribution in [0.15, 0.2) is 61.1 Å². The topological polar surface area (TPSA) is 57.8 Å². The van der Waals surface area contributed by atoms with Crippen LogP contribution in [0.1, 0.15) is 49.6 Å². The lowest BCUT2D eigenvalue weighted by molar-refractivity contribution is 0.413. The molecule has 0 N–H and O–H groups in total. The fourth-order valence-electron chi connectivity index (χ4n) is 3.52. The maximum atomic E-state index is 11.9. The number of halogens is 1. The molecule has 36 heavy (non-hydrogen) atoms. The Bertz CT molecular complexity index is 1220. The summed E-state index contributed by atoms with van der Waals surface area (Å²) >= 11 is 0. The smallest absolute Gasteiger partial charge is 0.174 e. The molecule has 0 saturated heterocycles. The number of imidazole rings is 1. The Morgan fingerprint density at radius 3 is 2.36 bits per heavy atom. The number of ether oxygens (including phenoxy) is 1. The van der Waals surface area contributed by atoms with Crippen molar-refractivity contribution in [2.45, 2.75) is 46.6 Å². The van der Waals surface area contributed by atoms with Crippen molar-refractivity contribution in [2.24, 2.45) is 0 Å². The normalized spacial score (nSPS) is 11.6. The van der Waals surface area contributed by atoms with Gasteiger partial charge in [-0.15, -0.1) is 12.8 Å². The molecular formula is C29H34FN5O. The molecule has 0 fully saturated rings. The van der Waals surface area contributed by atoms with Crippen molar-refractivity contribution in [3.05, 3.63) is 89.8 Å². The number of nitrogens with zero attached hydrogens (tertiary/aromatic N) is 5. The van der Waals surface area contributed by atoms with E-state index in [2.05, 4.69) is 34.0 Å². The van der Waals surface area contributed by atoms with Crippen molar-refractivity contribution >= 4 is 12.2 Å². The van der Waals surface area contributed by atoms with Crippen LogP contribution in [-0.2, 0) is 13.0 Å². The highest BCUT2D eigenvalue weighted by Crippen LogP contribution is 2.25. The summed E-state index contributed by atoms with van der Waals surface area (Å²) in [6.07, 6.45) is 19.2. The van der Waals surface area contributed by atoms with Gasteiger partial charge in [-0.2, -0.15) is 5.10 Å². The first-order valence-corrected chi connectivity index (χ1v) is 12.0. The second-order valence-corrected chi connectivity index (χ2v) is 7.55. The monoisotopic (exact) mass is 487 g/mol. The largest absolute Gasteiger partial charge is 0.495 e. The predicted molar refractivity (Wildman–Crippen MR) is 144 cm³/mol. The van der Waals surface area contributed by atoms with Crippen LogP contribution in [0.25, 0.3) is 17.8 Å². The molecule has 188 valence electrons. The van der Waals surface area contributed by atoms with Gasteiger partial charge in [-0.25, -0.2) is 19.0 Å². The van der Waals surface area contributed by atoms with Crippen LogP contribution in [0.5, 0.6) is 5.75 Å². The van der Waals surface area contributed by atoms with Crippen molar-refractivity contribution in [3.63, 3.8) is 0 Å². The molecule has 3 heterocycles. The molecule has 6 nitrogen and oxygen atoms in total. The summed E-state index contributed by atoms with van der Waals surface area (Å²) in [6, 6.07) is 14.0. The van der Waals surface area contributed by atoms with Crippen LogP contribution in [0.4, 0.5) is 4.39 Å². The van der Waals surface area contributed by atoms with Crippen molar-refractivity contribution in [1.82, 2.24) is 24.3 Å². The van der Waals surface area contributed by atoms with E-state index in [4.69, 9.17) is 4.74 Å². The average Bonchev–Trinajstić information content (AvgIpc) is 3.56. The van der Waals surface area contributed by atoms with Crippen molar-refractivity contribution in [1.29, 1.82) is 0 Å². The Morgan fingerprint density at radius 1 is 1.03 bits per heavy atom. The Hall–Kier alpha value is -4.18. The van der Waals surface area contributed by atoms with Gasteiger partial charge in [-0.1, -0.05) is 44.2 Å². The van der Waals surface area contributed by atoms with E-state index in [1.54, 1.807) is 31.6 Å². The molecule has 1 aliphatic rings. The van der Waals surface area contributed by atoms with Crippen LogP contribution >= 0.6 is 0 Å². The van der Waals surface area contributed by atoms with Crippen LogP contribution in [0.2, 0.25) is 0 Å². The summed E-state index contributed by atoms with van der Waals surface area (Å²) < 4.78 is 21.4. The second-order valence-electron chi connectivity index (χ2n) is 7.55. The Kier molecular flexibility index (Phi) is 11.7. The zero-order valence-electron chi connectivity index (χ0n) is 21.4. The summed E-state index contributed by atoms with van der Waals surface area (Å²) in [7, 11) is 1.68. The molecule has 1 aliphatic heterocycles. The number of terminal acetylenes is 1. The number of hydrogen-bond acceptors (Lipinski definition) is 4. The van der Waals surface area contributed by atoms with Crippen LogP contribution in [0, 0.1) is 25.6 Å². The molecule has 0 unspecified atom stereocenters. The first-order chi connectivity index (χ1) is 17.6. The predicted octanol–water partition coefficient (Wildman–Crippen LogP) is 6.39. The van der Waals surface area contributed by atoms with Gasteiger partial charge in [0.25, 0.3) is 0 Å². The molecule has 0 bridgehead atoms. The lowest BCUT2D eigenvalue weighted by Crippen LogP contribution is -2.11. The minimum absolute atomic E-state index is 0.178. The molecule has 2 aromatic heterocycles. The van der Waals surface area contributed by atoms with Gasteiger partial charge in [-0.3, -0.25) is 0 Å². The minimum atomic E-state index is -0.178. The van der Waals surface area contributed by atoms with Crippen LogP contribution in [-0.4, -0.2) is 31.4 Å². The first-order valence-electron chi connectivity index (χ1n) is 12.0. The van der Waals surface area contributed by atoms with Crippen molar-refractivity contribution in [2.75, 3.05) is 7.11 Å². The van der Waals surface area contributed by atoms with Gasteiger partial charge in [0.15, 0.2) is 5.82 Å². The van der Waals surface area contributed by atoms with Gasteiger partial charge in [-0.05, 0) is 55.7 Å². The quantitative estimate of drug-likeness (QED) is 0.313. The molecule has 2 aromatic carbocycles. The number of rotatable bonds is 4. The van der Waals surface area contributed by atoms with Gasteiger partial charge < -0.3 is 9.30 Å². The fourth-order valence-corrected chi connectivity index (χ4v) is 3.52. The number of aryl methyl sites for hydroxylation is 3. The SMILES string of the molecule is C#C.CC.COc1cc(/C=C/c2nc3n(n2)CCCC3)ccc1-n1cnc(C)c1.Fc1ccccc1. The first kappa shape index (κ1) is 28.1. The third kappa shape index (κ3) is 7.95. The van der Waals surface area contributed by atoms with E-state index in [1.165, 1.54) is 25.0 Å². The van der Waals surface area contributed by atoms with E-state index in [9.17, 15) is 4.39 Å². The van der Waals surface area contributed by atoms with Gasteiger partial charge in [0, 0.05) is 19.2 Å². The lowest BCUT2D eigenvalue weighted by Gasteiger charge is -2.10. The van der Waals surface area contributed by atoms with Crippen molar-refractivity contribution < 1.29 is 9.13 Å². The third-order valence-corrected chi connectivity index (χ3v) is 5.14. The molecule has 0 saturated carbocycles. The Labute approximate surface area is 213 Å². The van der Waals surface area contributed by atoms with E-state index in [-0.39, 0.29) is 5.82 Å². The van der Waals surface area contributed by atoms with E-state index in [1.807, 2.05) is 60.5 Å². The number of fused-ring (bicyclic) bond motifs is 1. The standard InChI is InChI=1S/C19H21N5O.C6H5F.C2H6.C2H2/c1-14-12-23(13-20-14)16-8-6-15(11-17(16)25-2)7-9-18-21-19-5-3-4-10-24(19)22-18;7-6-4-2-1-3-5-6;2*1-2/h6-9,11-13H,3-5,10H2,1-2H3;1-5H;1-2H3;1-2H/b9-7+;;;. The molecule has 0 radical (unpaired) electrons. The van der Waals surface area contributed by atoms with Crippen LogP contribution in [0.3, 0.4) is 0 Å². The van der Waals surface area contributed by atoms with Crippen LogP contribution < -0.4 is 4.74 Å². The van der Waals surface area contributed by atoms with E-state index < -0.39 is 0 Å². The highest BCUT2D eigenvalue weighted by atomic mass is 19.1. The zero-order valence-corrected chi connectivity index (χ0v) is 21.4. The fraction of sp³-hybridized carbons (Fsp3) is 0.276. The summed E-state index contributed by atoms with van der Waals surface area (Å²) in [5.41, 5.74) is 2.99. The maximum Gasteiger partial charge on any atom is 0.174 e. The molecule has 0 amide bonds. The molecule has 0 aliphatic carbocycles. The molecule has 4 aromatic rings. The van der Waals surface area contributed by atoms with E-state index >= 15 is 0 Å². The Balaban J connectivity index is 0.000000351. The Morgan fingerprint density at radius 2 is 1.78 bits per heavy atom. The summed E-state index contributed by atoms with van der Waals surface area (Å²) in [5.74, 6) is 2.48. The van der Waals surface area contributed by atoms with Gasteiger partial charge in [0.1, 0.15) is 17.4 Å². The summed E-state index contributed by atoms with van der Waals surface area (Å²) in [4.78, 5) is 8.87.